The molecule has 0 amide bonds. The Labute approximate surface area is 126 Å². The Morgan fingerprint density at radius 1 is 1.24 bits per heavy atom. The molecule has 0 bridgehead atoms. The number of hydrogen-bond donors (Lipinski definition) is 1. The van der Waals surface area contributed by atoms with Gasteiger partial charge in [0.05, 0.1) is 11.4 Å². The lowest BCUT2D eigenvalue weighted by atomic mass is 10.1. The van der Waals surface area contributed by atoms with E-state index in [0.717, 1.165) is 38.4 Å². The number of nitrogens with zero attached hydrogens (tertiary/aromatic N) is 2. The third kappa shape index (κ3) is 2.23. The van der Waals surface area contributed by atoms with Crippen molar-refractivity contribution in [3.63, 3.8) is 0 Å². The van der Waals surface area contributed by atoms with Crippen molar-refractivity contribution in [2.24, 2.45) is 7.05 Å². The fraction of sp³-hybridized carbons (Fsp3) is 0.188. The molecule has 2 aromatic heterocycles. The molecule has 2 heterocycles. The van der Waals surface area contributed by atoms with Crippen molar-refractivity contribution in [2.75, 3.05) is 12.0 Å². The number of nitrogen functional groups attached to an aromatic ring is 1. The van der Waals surface area contributed by atoms with E-state index in [2.05, 4.69) is 11.1 Å². The molecule has 2 N–H and O–H groups in total. The topological polar surface area (TPSA) is 60.9 Å². The van der Waals surface area contributed by atoms with E-state index in [-0.39, 0.29) is 0 Å². The maximum absolute atomic E-state index is 11.5. The predicted molar refractivity (Wildman–Crippen MR) is 87.6 cm³/mol. The summed E-state index contributed by atoms with van der Waals surface area (Å²) in [5.74, 6) is 0. The van der Waals surface area contributed by atoms with Gasteiger partial charge in [0, 0.05) is 46.1 Å². The van der Waals surface area contributed by atoms with Crippen LogP contribution in [0.2, 0.25) is 0 Å². The first-order chi connectivity index (χ1) is 9.99. The summed E-state index contributed by atoms with van der Waals surface area (Å²) >= 11 is 0. The summed E-state index contributed by atoms with van der Waals surface area (Å²) in [5, 5.41) is 0.968. The van der Waals surface area contributed by atoms with Gasteiger partial charge in [-0.05, 0) is 30.7 Å². The van der Waals surface area contributed by atoms with Gasteiger partial charge in [0.1, 0.15) is 5.65 Å². The predicted octanol–water partition coefficient (Wildman–Crippen LogP) is 2.87. The molecule has 1 atom stereocenters. The van der Waals surface area contributed by atoms with Gasteiger partial charge in [0.2, 0.25) is 0 Å². The number of nitrogens with two attached hydrogens (primary N) is 1. The molecule has 21 heavy (non-hydrogen) atoms. The molecule has 1 aromatic carbocycles. The van der Waals surface area contributed by atoms with Crippen LogP contribution in [0.15, 0.2) is 41.4 Å². The highest BCUT2D eigenvalue weighted by molar-refractivity contribution is 7.84. The highest BCUT2D eigenvalue weighted by atomic mass is 32.2. The average molecular weight is 299 g/mol. The summed E-state index contributed by atoms with van der Waals surface area (Å²) in [5.41, 5.74) is 10.9. The first kappa shape index (κ1) is 13.8. The molecule has 0 radical (unpaired) electrons. The Hall–Kier alpha value is -2.14. The Balaban J connectivity index is 2.22. The van der Waals surface area contributed by atoms with Crippen molar-refractivity contribution >= 4 is 27.5 Å². The van der Waals surface area contributed by atoms with Gasteiger partial charge in [-0.15, -0.1) is 0 Å². The number of aryl methyl sites for hydroxylation is 2. The second-order valence-corrected chi connectivity index (χ2v) is 6.56. The number of benzene rings is 1. The SMILES string of the molecule is Cc1cnc2c(c1)c(N)c(-c1ccc(S(C)=O)cc1)n2C. The number of aromatic nitrogens is 2. The number of anilines is 1. The van der Waals surface area contributed by atoms with Crippen molar-refractivity contribution < 1.29 is 4.21 Å². The first-order valence-corrected chi connectivity index (χ1v) is 8.19. The number of fused-ring (bicyclic) bond motifs is 1. The maximum atomic E-state index is 11.5. The van der Waals surface area contributed by atoms with Crippen LogP contribution in [0.1, 0.15) is 5.56 Å². The van der Waals surface area contributed by atoms with Crippen molar-refractivity contribution in [2.45, 2.75) is 11.8 Å². The van der Waals surface area contributed by atoms with Crippen LogP contribution in [0.4, 0.5) is 5.69 Å². The van der Waals surface area contributed by atoms with Gasteiger partial charge >= 0.3 is 0 Å². The smallest absolute Gasteiger partial charge is 0.142 e. The standard InChI is InChI=1S/C16H17N3OS/c1-10-8-13-14(17)15(19(2)16(13)18-9-10)11-4-6-12(7-5-11)21(3)20/h4-9H,17H2,1-3H3. The molecule has 0 saturated heterocycles. The second kappa shape index (κ2) is 5.00. The van der Waals surface area contributed by atoms with E-state index in [1.807, 2.05) is 49.0 Å². The molecule has 3 rings (SSSR count). The summed E-state index contributed by atoms with van der Waals surface area (Å²) < 4.78 is 13.5. The van der Waals surface area contributed by atoms with E-state index in [1.54, 1.807) is 6.26 Å². The fourth-order valence-electron chi connectivity index (χ4n) is 2.60. The molecule has 0 spiro atoms. The quantitative estimate of drug-likeness (QED) is 0.791. The van der Waals surface area contributed by atoms with Gasteiger partial charge in [0.25, 0.3) is 0 Å². The van der Waals surface area contributed by atoms with Crippen LogP contribution in [0.3, 0.4) is 0 Å². The normalized spacial score (nSPS) is 12.7. The van der Waals surface area contributed by atoms with Crippen LogP contribution in [0.5, 0.6) is 0 Å². The van der Waals surface area contributed by atoms with Gasteiger partial charge in [-0.25, -0.2) is 4.98 Å². The van der Waals surface area contributed by atoms with Crippen molar-refractivity contribution in [3.8, 4) is 11.3 Å². The number of rotatable bonds is 2. The lowest BCUT2D eigenvalue weighted by Crippen LogP contribution is -1.95. The Morgan fingerprint density at radius 2 is 1.90 bits per heavy atom. The minimum absolute atomic E-state index is 0.731. The van der Waals surface area contributed by atoms with E-state index >= 15 is 0 Å². The van der Waals surface area contributed by atoms with Crippen LogP contribution in [0.25, 0.3) is 22.3 Å². The van der Waals surface area contributed by atoms with Crippen LogP contribution < -0.4 is 5.73 Å². The fourth-order valence-corrected chi connectivity index (χ4v) is 3.11. The van der Waals surface area contributed by atoms with Gasteiger partial charge in [0.15, 0.2) is 0 Å². The van der Waals surface area contributed by atoms with Crippen LogP contribution in [-0.2, 0) is 17.8 Å². The maximum Gasteiger partial charge on any atom is 0.142 e. The summed E-state index contributed by atoms with van der Waals surface area (Å²) in [4.78, 5) is 5.28. The lowest BCUT2D eigenvalue weighted by Gasteiger charge is -2.06. The zero-order chi connectivity index (χ0) is 15.1. The molecule has 0 saturated carbocycles. The molecular formula is C16H17N3OS. The highest BCUT2D eigenvalue weighted by Gasteiger charge is 2.15. The summed E-state index contributed by atoms with van der Waals surface area (Å²) in [6, 6.07) is 9.71. The molecule has 1 unspecified atom stereocenters. The zero-order valence-electron chi connectivity index (χ0n) is 12.3. The number of pyridine rings is 1. The summed E-state index contributed by atoms with van der Waals surface area (Å²) in [6.07, 6.45) is 3.52. The van der Waals surface area contributed by atoms with E-state index in [1.165, 1.54) is 0 Å². The zero-order valence-corrected chi connectivity index (χ0v) is 13.1. The third-order valence-electron chi connectivity index (χ3n) is 3.66. The Bertz CT molecular complexity index is 850. The van der Waals surface area contributed by atoms with Crippen molar-refractivity contribution in [3.05, 3.63) is 42.1 Å². The summed E-state index contributed by atoms with van der Waals surface area (Å²) in [7, 11) is 0.988. The molecule has 108 valence electrons. The number of hydrogen-bond acceptors (Lipinski definition) is 3. The highest BCUT2D eigenvalue weighted by Crippen LogP contribution is 2.34. The molecule has 0 aliphatic carbocycles. The van der Waals surface area contributed by atoms with Crippen molar-refractivity contribution in [1.82, 2.24) is 9.55 Å². The molecular weight excluding hydrogens is 282 g/mol. The van der Waals surface area contributed by atoms with Crippen molar-refractivity contribution in [1.29, 1.82) is 0 Å². The molecule has 4 nitrogen and oxygen atoms in total. The monoisotopic (exact) mass is 299 g/mol. The Kier molecular flexibility index (Phi) is 3.29. The molecule has 0 fully saturated rings. The van der Waals surface area contributed by atoms with Crippen LogP contribution in [0, 0.1) is 6.92 Å². The largest absolute Gasteiger partial charge is 0.396 e. The van der Waals surface area contributed by atoms with E-state index < -0.39 is 10.8 Å². The van der Waals surface area contributed by atoms with Crippen LogP contribution >= 0.6 is 0 Å². The van der Waals surface area contributed by atoms with Gasteiger partial charge in [-0.3, -0.25) is 4.21 Å². The van der Waals surface area contributed by atoms with E-state index in [9.17, 15) is 4.21 Å². The van der Waals surface area contributed by atoms with Crippen LogP contribution in [-0.4, -0.2) is 20.0 Å². The first-order valence-electron chi connectivity index (χ1n) is 6.63. The van der Waals surface area contributed by atoms with E-state index in [0.29, 0.717) is 0 Å². The lowest BCUT2D eigenvalue weighted by molar-refractivity contribution is 0.687. The summed E-state index contributed by atoms with van der Waals surface area (Å²) in [6.45, 7) is 2.00. The van der Waals surface area contributed by atoms with E-state index in [4.69, 9.17) is 5.73 Å². The minimum atomic E-state index is -0.973. The average Bonchev–Trinajstić information content (AvgIpc) is 2.70. The molecule has 3 aromatic rings. The Morgan fingerprint density at radius 3 is 2.52 bits per heavy atom. The molecule has 0 aliphatic rings. The second-order valence-electron chi connectivity index (χ2n) is 5.18. The molecule has 5 heteroatoms. The molecule has 0 aliphatic heterocycles. The van der Waals surface area contributed by atoms with Gasteiger partial charge in [-0.1, -0.05) is 12.1 Å². The van der Waals surface area contributed by atoms with Gasteiger partial charge < -0.3 is 10.3 Å². The van der Waals surface area contributed by atoms with Gasteiger partial charge in [-0.2, -0.15) is 0 Å². The third-order valence-corrected chi connectivity index (χ3v) is 4.60. The minimum Gasteiger partial charge on any atom is -0.396 e.